The topological polar surface area (TPSA) is 50.7 Å². The highest BCUT2D eigenvalue weighted by atomic mass is 79.9. The van der Waals surface area contributed by atoms with Crippen LogP contribution in [0.5, 0.6) is 5.06 Å². The third-order valence-electron chi connectivity index (χ3n) is 2.84. The summed E-state index contributed by atoms with van der Waals surface area (Å²) < 4.78 is 11.3. The number of rotatable bonds is 6. The fraction of sp³-hybridized carbons (Fsp3) is 0.636. The Kier molecular flexibility index (Phi) is 4.43. The molecular weight excluding hydrogens is 306 g/mol. The fourth-order valence-electron chi connectivity index (χ4n) is 1.71. The fourth-order valence-corrected chi connectivity index (χ4v) is 3.38. The molecule has 0 unspecified atom stereocenters. The van der Waals surface area contributed by atoms with Crippen molar-refractivity contribution in [3.8, 4) is 5.06 Å². The number of aliphatic hydroxyl groups excluding tert-OH is 1. The van der Waals surface area contributed by atoms with E-state index in [2.05, 4.69) is 27.3 Å². The predicted octanol–water partition coefficient (Wildman–Crippen LogP) is 1.62. The van der Waals surface area contributed by atoms with Gasteiger partial charge >= 0.3 is 0 Å². The van der Waals surface area contributed by atoms with Crippen molar-refractivity contribution in [3.63, 3.8) is 0 Å². The van der Waals surface area contributed by atoms with Crippen molar-refractivity contribution < 1.29 is 14.6 Å². The SMILES string of the molecule is COc1sc(CNCC2(CO)COC2)cc1Br. The van der Waals surface area contributed by atoms with Crippen molar-refractivity contribution in [1.82, 2.24) is 5.32 Å². The third kappa shape index (κ3) is 3.00. The Morgan fingerprint density at radius 2 is 2.41 bits per heavy atom. The number of hydrogen-bond acceptors (Lipinski definition) is 5. The van der Waals surface area contributed by atoms with E-state index < -0.39 is 0 Å². The van der Waals surface area contributed by atoms with Crippen molar-refractivity contribution in [2.24, 2.45) is 5.41 Å². The van der Waals surface area contributed by atoms with Crippen molar-refractivity contribution in [2.75, 3.05) is 33.5 Å². The molecule has 0 radical (unpaired) electrons. The highest BCUT2D eigenvalue weighted by Gasteiger charge is 2.37. The van der Waals surface area contributed by atoms with Crippen LogP contribution in [0.15, 0.2) is 10.5 Å². The van der Waals surface area contributed by atoms with E-state index in [0.29, 0.717) is 13.2 Å². The lowest BCUT2D eigenvalue weighted by molar-refractivity contribution is -0.134. The summed E-state index contributed by atoms with van der Waals surface area (Å²) in [6.07, 6.45) is 0. The molecule has 0 bridgehead atoms. The zero-order chi connectivity index (χ0) is 12.3. The molecular formula is C11H16BrNO3S. The van der Waals surface area contributed by atoms with Gasteiger partial charge in [0.15, 0.2) is 5.06 Å². The first-order valence-corrected chi connectivity index (χ1v) is 7.01. The normalized spacial score (nSPS) is 17.8. The number of methoxy groups -OCH3 is 1. The number of hydrogen-bond donors (Lipinski definition) is 2. The molecule has 6 heteroatoms. The van der Waals surface area contributed by atoms with Crippen LogP contribution in [-0.4, -0.2) is 38.6 Å². The Morgan fingerprint density at radius 3 is 2.88 bits per heavy atom. The van der Waals surface area contributed by atoms with Crippen LogP contribution in [0.25, 0.3) is 0 Å². The lowest BCUT2D eigenvalue weighted by Crippen LogP contribution is -2.52. The first-order valence-electron chi connectivity index (χ1n) is 5.41. The Hall–Kier alpha value is -0.140. The summed E-state index contributed by atoms with van der Waals surface area (Å²) in [4.78, 5) is 1.21. The van der Waals surface area contributed by atoms with E-state index in [-0.39, 0.29) is 12.0 Å². The van der Waals surface area contributed by atoms with Gasteiger partial charge < -0.3 is 19.9 Å². The first-order chi connectivity index (χ1) is 8.19. The molecule has 2 N–H and O–H groups in total. The number of aliphatic hydroxyl groups is 1. The van der Waals surface area contributed by atoms with Gasteiger partial charge in [0.1, 0.15) is 0 Å². The van der Waals surface area contributed by atoms with Crippen molar-refractivity contribution in [2.45, 2.75) is 6.54 Å². The van der Waals surface area contributed by atoms with E-state index in [1.54, 1.807) is 18.4 Å². The average Bonchev–Trinajstić information content (AvgIpc) is 2.63. The molecule has 0 spiro atoms. The second-order valence-corrected chi connectivity index (χ2v) is 6.26. The molecule has 96 valence electrons. The molecule has 0 atom stereocenters. The Morgan fingerprint density at radius 1 is 1.65 bits per heavy atom. The van der Waals surface area contributed by atoms with Crippen molar-refractivity contribution >= 4 is 27.3 Å². The van der Waals surface area contributed by atoms with Gasteiger partial charge in [0, 0.05) is 18.0 Å². The van der Waals surface area contributed by atoms with E-state index in [9.17, 15) is 5.11 Å². The number of ether oxygens (including phenoxy) is 2. The van der Waals surface area contributed by atoms with Gasteiger partial charge in [-0.1, -0.05) is 0 Å². The van der Waals surface area contributed by atoms with E-state index in [1.165, 1.54) is 4.88 Å². The van der Waals surface area contributed by atoms with E-state index in [1.807, 2.05) is 0 Å². The van der Waals surface area contributed by atoms with E-state index in [4.69, 9.17) is 9.47 Å². The molecule has 1 aromatic rings. The largest absolute Gasteiger partial charge is 0.486 e. The zero-order valence-electron chi connectivity index (χ0n) is 9.66. The lowest BCUT2D eigenvalue weighted by atomic mass is 9.87. The second-order valence-electron chi connectivity index (χ2n) is 4.31. The van der Waals surface area contributed by atoms with Gasteiger partial charge in [-0.2, -0.15) is 0 Å². The summed E-state index contributed by atoms with van der Waals surface area (Å²) in [7, 11) is 1.67. The predicted molar refractivity (Wildman–Crippen MR) is 70.6 cm³/mol. The summed E-state index contributed by atoms with van der Waals surface area (Å²) in [5.41, 5.74) is -0.0709. The standard InChI is InChI=1S/C11H16BrNO3S/c1-15-10-9(12)2-8(17-10)3-13-4-11(5-14)6-16-7-11/h2,13-14H,3-7H2,1H3. The van der Waals surface area contributed by atoms with Gasteiger partial charge in [-0.3, -0.25) is 0 Å². The summed E-state index contributed by atoms with van der Waals surface area (Å²) in [6, 6.07) is 2.05. The minimum absolute atomic E-state index is 0.0709. The van der Waals surface area contributed by atoms with Crippen LogP contribution in [0.4, 0.5) is 0 Å². The van der Waals surface area contributed by atoms with Gasteiger partial charge in [-0.05, 0) is 22.0 Å². The van der Waals surface area contributed by atoms with Gasteiger partial charge in [0.25, 0.3) is 0 Å². The minimum Gasteiger partial charge on any atom is -0.486 e. The number of nitrogens with one attached hydrogen (secondary N) is 1. The van der Waals surface area contributed by atoms with E-state index in [0.717, 1.165) is 22.6 Å². The molecule has 1 aromatic heterocycles. The smallest absolute Gasteiger partial charge is 0.188 e. The number of thiophene rings is 1. The maximum Gasteiger partial charge on any atom is 0.188 e. The van der Waals surface area contributed by atoms with Crippen LogP contribution in [0.3, 0.4) is 0 Å². The summed E-state index contributed by atoms with van der Waals surface area (Å²) in [6.45, 7) is 3.04. The van der Waals surface area contributed by atoms with Gasteiger partial charge in [-0.15, -0.1) is 11.3 Å². The maximum absolute atomic E-state index is 9.28. The molecule has 4 nitrogen and oxygen atoms in total. The monoisotopic (exact) mass is 321 g/mol. The van der Waals surface area contributed by atoms with Crippen LogP contribution in [0.2, 0.25) is 0 Å². The second kappa shape index (κ2) is 5.67. The van der Waals surface area contributed by atoms with Crippen LogP contribution < -0.4 is 10.1 Å². The molecule has 0 aliphatic carbocycles. The minimum atomic E-state index is -0.0709. The molecule has 0 saturated carbocycles. The summed E-state index contributed by atoms with van der Waals surface area (Å²) in [5, 5.41) is 13.5. The quantitative estimate of drug-likeness (QED) is 0.836. The molecule has 0 aromatic carbocycles. The molecule has 1 saturated heterocycles. The van der Waals surface area contributed by atoms with Gasteiger partial charge in [-0.25, -0.2) is 0 Å². The first kappa shape index (κ1) is 13.3. The summed E-state index contributed by atoms with van der Waals surface area (Å²) >= 11 is 5.06. The highest BCUT2D eigenvalue weighted by Crippen LogP contribution is 2.34. The maximum atomic E-state index is 9.28. The Bertz CT molecular complexity index is 373. The van der Waals surface area contributed by atoms with Crippen LogP contribution in [0.1, 0.15) is 4.88 Å². The van der Waals surface area contributed by atoms with Crippen LogP contribution >= 0.6 is 27.3 Å². The molecule has 17 heavy (non-hydrogen) atoms. The van der Waals surface area contributed by atoms with Crippen LogP contribution in [0, 0.1) is 5.41 Å². The third-order valence-corrected chi connectivity index (χ3v) is 4.79. The molecule has 1 fully saturated rings. The molecule has 2 heterocycles. The average molecular weight is 322 g/mol. The number of halogens is 1. The molecule has 1 aliphatic heterocycles. The zero-order valence-corrected chi connectivity index (χ0v) is 12.1. The van der Waals surface area contributed by atoms with Gasteiger partial charge in [0.05, 0.1) is 36.8 Å². The molecule has 2 rings (SSSR count). The van der Waals surface area contributed by atoms with E-state index >= 15 is 0 Å². The molecule has 1 aliphatic rings. The highest BCUT2D eigenvalue weighted by molar-refractivity contribution is 9.10. The lowest BCUT2D eigenvalue weighted by Gasteiger charge is -2.39. The van der Waals surface area contributed by atoms with Crippen molar-refractivity contribution in [3.05, 3.63) is 15.4 Å². The molecule has 0 amide bonds. The Balaban J connectivity index is 1.81. The van der Waals surface area contributed by atoms with Crippen molar-refractivity contribution in [1.29, 1.82) is 0 Å². The van der Waals surface area contributed by atoms with Gasteiger partial charge in [0.2, 0.25) is 0 Å². The summed E-state index contributed by atoms with van der Waals surface area (Å²) in [5.74, 6) is 0. The Labute approximate surface area is 113 Å². The van der Waals surface area contributed by atoms with Crippen LogP contribution in [-0.2, 0) is 11.3 Å².